The van der Waals surface area contributed by atoms with Crippen LogP contribution in [0.1, 0.15) is 5.56 Å². The fourth-order valence-corrected chi connectivity index (χ4v) is 1.88. The van der Waals surface area contributed by atoms with E-state index in [0.717, 1.165) is 16.5 Å². The van der Waals surface area contributed by atoms with Crippen molar-refractivity contribution >= 4 is 16.7 Å². The third-order valence-corrected chi connectivity index (χ3v) is 2.75. The van der Waals surface area contributed by atoms with Gasteiger partial charge in [-0.2, -0.15) is 0 Å². The zero-order chi connectivity index (χ0) is 11.7. The van der Waals surface area contributed by atoms with E-state index < -0.39 is 0 Å². The molecule has 0 aliphatic heterocycles. The number of anilines is 1. The molecule has 4 nitrogen and oxygen atoms in total. The first-order chi connectivity index (χ1) is 8.33. The third kappa shape index (κ3) is 1.85. The number of imidazole rings is 1. The van der Waals surface area contributed by atoms with Gasteiger partial charge in [-0.15, -0.1) is 0 Å². The van der Waals surface area contributed by atoms with Crippen molar-refractivity contribution in [1.29, 1.82) is 0 Å². The Labute approximate surface area is 98.7 Å². The number of nitrogens with two attached hydrogens (primary N) is 1. The van der Waals surface area contributed by atoms with Crippen LogP contribution in [0.2, 0.25) is 0 Å². The maximum Gasteiger partial charge on any atom is 0.129 e. The molecule has 0 amide bonds. The molecule has 3 aromatic rings. The molecular formula is C13H12N4. The van der Waals surface area contributed by atoms with E-state index in [4.69, 9.17) is 5.73 Å². The Morgan fingerprint density at radius 2 is 2.12 bits per heavy atom. The Morgan fingerprint density at radius 3 is 2.94 bits per heavy atom. The van der Waals surface area contributed by atoms with Crippen LogP contribution in [0.15, 0.2) is 49.1 Å². The largest absolute Gasteiger partial charge is 0.383 e. The molecule has 4 heteroatoms. The van der Waals surface area contributed by atoms with Crippen molar-refractivity contribution in [1.82, 2.24) is 14.5 Å². The number of nitrogens with zero attached hydrogens (tertiary/aromatic N) is 3. The minimum absolute atomic E-state index is 0.581. The van der Waals surface area contributed by atoms with Gasteiger partial charge in [0.1, 0.15) is 5.82 Å². The molecule has 0 unspecified atom stereocenters. The average Bonchev–Trinajstić information content (AvgIpc) is 2.83. The van der Waals surface area contributed by atoms with Gasteiger partial charge < -0.3 is 10.3 Å². The minimum atomic E-state index is 0.581. The van der Waals surface area contributed by atoms with E-state index in [-0.39, 0.29) is 0 Å². The predicted molar refractivity (Wildman–Crippen MR) is 67.5 cm³/mol. The van der Waals surface area contributed by atoms with Crippen molar-refractivity contribution < 1.29 is 0 Å². The van der Waals surface area contributed by atoms with Crippen molar-refractivity contribution in [3.8, 4) is 0 Å². The summed E-state index contributed by atoms with van der Waals surface area (Å²) in [6.07, 6.45) is 5.44. The summed E-state index contributed by atoms with van der Waals surface area (Å²) in [5.74, 6) is 0.581. The van der Waals surface area contributed by atoms with E-state index in [1.165, 1.54) is 0 Å². The summed E-state index contributed by atoms with van der Waals surface area (Å²) in [5, 5.41) is 1.11. The van der Waals surface area contributed by atoms with E-state index in [0.29, 0.717) is 12.4 Å². The first-order valence-electron chi connectivity index (χ1n) is 5.43. The second-order valence-corrected chi connectivity index (χ2v) is 3.96. The predicted octanol–water partition coefficient (Wildman–Crippen LogP) is 2.06. The fourth-order valence-electron chi connectivity index (χ4n) is 1.88. The van der Waals surface area contributed by atoms with Gasteiger partial charge in [0.05, 0.1) is 18.4 Å². The highest BCUT2D eigenvalue weighted by atomic mass is 15.0. The van der Waals surface area contributed by atoms with Crippen LogP contribution in [0.3, 0.4) is 0 Å². The van der Waals surface area contributed by atoms with Crippen LogP contribution in [-0.2, 0) is 6.54 Å². The number of fused-ring (bicyclic) bond motifs is 1. The van der Waals surface area contributed by atoms with Crippen molar-refractivity contribution in [3.05, 3.63) is 54.6 Å². The first kappa shape index (κ1) is 9.84. The number of nitrogen functional groups attached to an aromatic ring is 1. The van der Waals surface area contributed by atoms with Gasteiger partial charge in [-0.1, -0.05) is 18.2 Å². The second-order valence-electron chi connectivity index (χ2n) is 3.96. The lowest BCUT2D eigenvalue weighted by molar-refractivity contribution is 0.797. The summed E-state index contributed by atoms with van der Waals surface area (Å²) in [7, 11) is 0. The van der Waals surface area contributed by atoms with E-state index in [2.05, 4.69) is 16.0 Å². The van der Waals surface area contributed by atoms with Crippen molar-refractivity contribution in [2.75, 3.05) is 5.73 Å². The lowest BCUT2D eigenvalue weighted by Gasteiger charge is -2.07. The number of hydrogen-bond acceptors (Lipinski definition) is 3. The topological polar surface area (TPSA) is 56.7 Å². The molecule has 2 heterocycles. The molecule has 0 saturated carbocycles. The standard InChI is InChI=1S/C13H12N4/c14-13-11(8-17-6-5-15-9-17)7-10-3-1-2-4-12(10)16-13/h1-7,9H,8H2,(H2,14,16). The zero-order valence-corrected chi connectivity index (χ0v) is 9.24. The molecule has 0 aliphatic rings. The van der Waals surface area contributed by atoms with Gasteiger partial charge in [0, 0.05) is 23.3 Å². The van der Waals surface area contributed by atoms with Crippen LogP contribution >= 0.6 is 0 Å². The van der Waals surface area contributed by atoms with E-state index >= 15 is 0 Å². The lowest BCUT2D eigenvalue weighted by Crippen LogP contribution is -2.03. The number of hydrogen-bond donors (Lipinski definition) is 1. The molecule has 0 radical (unpaired) electrons. The second kappa shape index (κ2) is 3.90. The third-order valence-electron chi connectivity index (χ3n) is 2.75. The highest BCUT2D eigenvalue weighted by Crippen LogP contribution is 2.18. The summed E-state index contributed by atoms with van der Waals surface area (Å²) >= 11 is 0. The van der Waals surface area contributed by atoms with Crippen LogP contribution in [-0.4, -0.2) is 14.5 Å². The monoisotopic (exact) mass is 224 g/mol. The maximum absolute atomic E-state index is 5.96. The van der Waals surface area contributed by atoms with Crippen LogP contribution in [0.4, 0.5) is 5.82 Å². The molecule has 0 atom stereocenters. The van der Waals surface area contributed by atoms with E-state index in [9.17, 15) is 0 Å². The van der Waals surface area contributed by atoms with Gasteiger partial charge in [-0.25, -0.2) is 9.97 Å². The normalized spacial score (nSPS) is 10.8. The molecule has 0 spiro atoms. The number of aromatic nitrogens is 3. The SMILES string of the molecule is Nc1nc2ccccc2cc1Cn1ccnc1. The molecule has 2 aromatic heterocycles. The molecule has 0 aliphatic carbocycles. The fraction of sp³-hybridized carbons (Fsp3) is 0.0769. The van der Waals surface area contributed by atoms with Gasteiger partial charge in [-0.05, 0) is 12.1 Å². The van der Waals surface area contributed by atoms with Crippen LogP contribution in [0.25, 0.3) is 10.9 Å². The van der Waals surface area contributed by atoms with Crippen molar-refractivity contribution in [2.45, 2.75) is 6.54 Å². The van der Waals surface area contributed by atoms with Crippen molar-refractivity contribution in [3.63, 3.8) is 0 Å². The van der Waals surface area contributed by atoms with Gasteiger partial charge >= 0.3 is 0 Å². The lowest BCUT2D eigenvalue weighted by atomic mass is 10.1. The highest BCUT2D eigenvalue weighted by molar-refractivity contribution is 5.81. The van der Waals surface area contributed by atoms with Gasteiger partial charge in [0.15, 0.2) is 0 Å². The summed E-state index contributed by atoms with van der Waals surface area (Å²) in [4.78, 5) is 8.41. The van der Waals surface area contributed by atoms with Gasteiger partial charge in [-0.3, -0.25) is 0 Å². The summed E-state index contributed by atoms with van der Waals surface area (Å²) in [6.45, 7) is 0.698. The van der Waals surface area contributed by atoms with Gasteiger partial charge in [0.2, 0.25) is 0 Å². The van der Waals surface area contributed by atoms with Gasteiger partial charge in [0.25, 0.3) is 0 Å². The highest BCUT2D eigenvalue weighted by Gasteiger charge is 2.04. The number of para-hydroxylation sites is 1. The maximum atomic E-state index is 5.96. The molecule has 0 bridgehead atoms. The molecule has 0 fully saturated rings. The van der Waals surface area contributed by atoms with E-state index in [1.54, 1.807) is 12.5 Å². The van der Waals surface area contributed by atoms with Crippen LogP contribution in [0.5, 0.6) is 0 Å². The smallest absolute Gasteiger partial charge is 0.129 e. The zero-order valence-electron chi connectivity index (χ0n) is 9.24. The van der Waals surface area contributed by atoms with E-state index in [1.807, 2.05) is 35.0 Å². The average molecular weight is 224 g/mol. The Morgan fingerprint density at radius 1 is 1.24 bits per heavy atom. The molecule has 3 rings (SSSR count). The first-order valence-corrected chi connectivity index (χ1v) is 5.43. The molecule has 2 N–H and O–H groups in total. The summed E-state index contributed by atoms with van der Waals surface area (Å²) < 4.78 is 1.97. The Kier molecular flexibility index (Phi) is 2.26. The molecule has 17 heavy (non-hydrogen) atoms. The molecule has 0 saturated heterocycles. The Hall–Kier alpha value is -2.36. The molecule has 1 aromatic carbocycles. The molecular weight excluding hydrogens is 212 g/mol. The Bertz CT molecular complexity index is 644. The summed E-state index contributed by atoms with van der Waals surface area (Å²) in [5.41, 5.74) is 7.90. The van der Waals surface area contributed by atoms with Crippen LogP contribution in [0, 0.1) is 0 Å². The number of pyridine rings is 1. The van der Waals surface area contributed by atoms with Crippen molar-refractivity contribution in [2.24, 2.45) is 0 Å². The quantitative estimate of drug-likeness (QED) is 0.724. The van der Waals surface area contributed by atoms with Crippen LogP contribution < -0.4 is 5.73 Å². The summed E-state index contributed by atoms with van der Waals surface area (Å²) in [6, 6.07) is 10.1. The number of benzene rings is 1. The molecule has 84 valence electrons. The Balaban J connectivity index is 2.07. The minimum Gasteiger partial charge on any atom is -0.383 e. The number of rotatable bonds is 2.